The van der Waals surface area contributed by atoms with E-state index in [1.54, 1.807) is 0 Å². The van der Waals surface area contributed by atoms with E-state index in [1.807, 2.05) is 0 Å². The van der Waals surface area contributed by atoms with Crippen molar-refractivity contribution >= 4 is 17.7 Å². The Labute approximate surface area is 551 Å². The van der Waals surface area contributed by atoms with Gasteiger partial charge in [0, 0.05) is 10.6 Å². The topological polar surface area (TPSA) is 650 Å². The van der Waals surface area contributed by atoms with E-state index in [4.69, 9.17) is 75.8 Å². The molecule has 0 saturated carbocycles. The molecule has 1 aromatic rings. The second kappa shape index (κ2) is 33.1. The van der Waals surface area contributed by atoms with Crippen LogP contribution in [0.3, 0.4) is 0 Å². The van der Waals surface area contributed by atoms with Gasteiger partial charge in [0.2, 0.25) is 0 Å². The van der Waals surface area contributed by atoms with E-state index in [-0.39, 0.29) is 11.3 Å². The highest BCUT2D eigenvalue weighted by Gasteiger charge is 2.60. The van der Waals surface area contributed by atoms with Crippen LogP contribution < -0.4 is 0 Å². The Hall–Kier alpha value is -2.52. The van der Waals surface area contributed by atoms with Gasteiger partial charge in [0.15, 0.2) is 50.3 Å². The van der Waals surface area contributed by atoms with Gasteiger partial charge in [-0.1, -0.05) is 0 Å². The van der Waals surface area contributed by atoms with Crippen molar-refractivity contribution in [2.75, 3.05) is 52.0 Å². The second-order valence-corrected chi connectivity index (χ2v) is 25.5. The molecule has 16 bridgehead atoms. The third-order valence-electron chi connectivity index (χ3n) is 18.2. The molecule has 40 atom stereocenters. The van der Waals surface area contributed by atoms with E-state index in [0.717, 1.165) is 11.8 Å². The number of aliphatic hydroxyl groups is 23. The molecular formula is C55H84O41S. The summed E-state index contributed by atoms with van der Waals surface area (Å²) in [7, 11) is 0. The van der Waals surface area contributed by atoms with Crippen molar-refractivity contribution in [2.45, 2.75) is 251 Å². The lowest BCUT2D eigenvalue weighted by Gasteiger charge is -2.50. The minimum absolute atomic E-state index is 0.0991. The van der Waals surface area contributed by atoms with Gasteiger partial charge in [0.05, 0.1) is 57.9 Å². The molecule has 30 heterocycles. The molecule has 31 rings (SSSR count). The highest BCUT2D eigenvalue weighted by molar-refractivity contribution is 7.99. The number of hydrogen-bond donors (Lipinski definition) is 24. The summed E-state index contributed by atoms with van der Waals surface area (Å²) in [6, 6.07) is 5.32. The largest absolute Gasteiger partial charge is 0.478 e. The van der Waals surface area contributed by atoms with Crippen LogP contribution >= 0.6 is 11.8 Å². The lowest BCUT2D eigenvalue weighted by Crippen LogP contribution is -2.69. The van der Waals surface area contributed by atoms with E-state index >= 15 is 0 Å². The van der Waals surface area contributed by atoms with Crippen molar-refractivity contribution < 1.29 is 203 Å². The monoisotopic (exact) mass is 1430 g/mol. The van der Waals surface area contributed by atoms with Crippen LogP contribution in [0.5, 0.6) is 0 Å². The number of rotatable bonds is 11. The number of thioether (sulfide) groups is 1. The number of aromatic carboxylic acids is 1. The maximum absolute atomic E-state index is 11.9. The number of ether oxygens (including phenoxy) is 16. The summed E-state index contributed by atoms with van der Waals surface area (Å²) in [5, 5.41) is 268. The summed E-state index contributed by atoms with van der Waals surface area (Å²) < 4.78 is 92.8. The Balaban J connectivity index is 0.931. The fourth-order valence-corrected chi connectivity index (χ4v) is 13.7. The summed E-state index contributed by atoms with van der Waals surface area (Å²) >= 11 is 0.946. The predicted octanol–water partition coefficient (Wildman–Crippen LogP) is -14.9. The van der Waals surface area contributed by atoms with Crippen molar-refractivity contribution in [3.63, 3.8) is 0 Å². The van der Waals surface area contributed by atoms with Crippen LogP contribution in [0, 0.1) is 0 Å². The Morgan fingerprint density at radius 1 is 0.258 bits per heavy atom. The van der Waals surface area contributed by atoms with Gasteiger partial charge in [-0.05, 0) is 24.3 Å². The molecule has 30 aliphatic heterocycles. The highest BCUT2D eigenvalue weighted by Crippen LogP contribution is 2.41. The number of benzene rings is 1. The van der Waals surface area contributed by atoms with Crippen molar-refractivity contribution in [3.05, 3.63) is 29.8 Å². The molecule has 0 radical (unpaired) electrons. The fraction of sp³-hybridized carbons (Fsp3) is 0.873. The molecule has 97 heavy (non-hydrogen) atoms. The van der Waals surface area contributed by atoms with Crippen molar-refractivity contribution in [2.24, 2.45) is 0 Å². The number of aliphatic hydroxyl groups excluding tert-OH is 23. The molecule has 0 aromatic heterocycles. The zero-order valence-corrected chi connectivity index (χ0v) is 51.5. The Morgan fingerprint density at radius 3 is 0.588 bits per heavy atom. The summed E-state index contributed by atoms with van der Waals surface area (Å²) in [5.41, 5.74) is -0.0991. The molecule has 0 amide bonds. The highest BCUT2D eigenvalue weighted by atomic mass is 32.2. The van der Waals surface area contributed by atoms with Gasteiger partial charge in [-0.15, -0.1) is 11.8 Å². The standard InChI is InChI=1S/C55H84O41S/c56-5-15-39-23(63)31(71)48(81-15)90-40-16(6-57)83-50(33(73)25(40)65)92-42-18(8-59)85-52(35(75)27(42)67)94-44-20(10-61)87-54(37(77)29(44)69)96-46-22(12-97-14-3-1-13(2-4-14)47(79)80)88-55(38(78)30(46)70)95-45-21(11-62)86-53(36(76)28(45)68)93-43-19(9-60)84-51(34(74)26(43)66)91-41-17(7-58)82-49(89-39)32(72)24(41)64/h1-4,15-46,48-78H,5-12H2,(H,79,80)/t15-,16-,17+,18-,19+,20-,21+,22-,23-,24-,25+,26-,27-,28-,29+,30-,31-,32-,33+,34-,35-,36-,37+,38-,39-,40-,41-,42-,43-,44-,45-,46-,48-,49-,50-,51-,52-,53-,54-,55-/m1/s1. The number of hydrogen-bond acceptors (Lipinski definition) is 41. The molecule has 42 heteroatoms. The van der Waals surface area contributed by atoms with Gasteiger partial charge in [0.25, 0.3) is 0 Å². The Bertz CT molecular complexity index is 2610. The normalized spacial score (nSPS) is 51.2. The van der Waals surface area contributed by atoms with Gasteiger partial charge in [-0.25, -0.2) is 4.79 Å². The predicted molar refractivity (Wildman–Crippen MR) is 298 cm³/mol. The molecule has 0 unspecified atom stereocenters. The zero-order valence-electron chi connectivity index (χ0n) is 50.6. The number of carboxylic acids is 1. The second-order valence-electron chi connectivity index (χ2n) is 24.4. The summed E-state index contributed by atoms with van der Waals surface area (Å²) in [5.74, 6) is -1.58. The van der Waals surface area contributed by atoms with Crippen molar-refractivity contribution in [3.8, 4) is 0 Å². The van der Waals surface area contributed by atoms with Gasteiger partial charge in [-0.3, -0.25) is 0 Å². The van der Waals surface area contributed by atoms with E-state index in [1.165, 1.54) is 24.3 Å². The average molecular weight is 1430 g/mol. The summed E-state index contributed by atoms with van der Waals surface area (Å²) in [4.78, 5) is 12.0. The lowest BCUT2D eigenvalue weighted by molar-refractivity contribution is -0.403. The average Bonchev–Trinajstić information content (AvgIpc) is 0.779. The van der Waals surface area contributed by atoms with E-state index < -0.39 is 298 Å². The zero-order chi connectivity index (χ0) is 70.3. The molecule has 30 saturated heterocycles. The van der Waals surface area contributed by atoms with Crippen LogP contribution in [-0.2, 0) is 75.8 Å². The third kappa shape index (κ3) is 15.8. The van der Waals surface area contributed by atoms with Crippen LogP contribution in [-0.4, -0.2) is 426 Å². The van der Waals surface area contributed by atoms with Gasteiger partial charge in [-0.2, -0.15) is 0 Å². The van der Waals surface area contributed by atoms with Crippen molar-refractivity contribution in [1.82, 2.24) is 0 Å². The lowest BCUT2D eigenvalue weighted by atomic mass is 9.95. The van der Waals surface area contributed by atoms with Crippen LogP contribution in [0.2, 0.25) is 0 Å². The Morgan fingerprint density at radius 2 is 0.423 bits per heavy atom. The SMILES string of the molecule is O=C(O)c1ccc(SC[C@H]2O[C@@H]3O[C@H]4[C@H](O)[C@@H](O)[C@@H](O[C@H]5[C@H](O)[C@@H](O)[C@@H](O[C@H]6[C@H](O)[C@@H](O)[C@@H](O[C@H]7[C@H](O)[C@@H](O)[C@@H](O[C@H]8[C@@H](O)[C@H](O)[C@@H](O[C@H]9[C@H](O)[C@@H](O)[C@@H](O[C@H]%10[C@@H](O)[C@H](O)[C@@H](O[C@H]2[C@H](O)[C@H]3O)O[C@@H]%10CO)O[C@@H]9CO)O[C@@H]8CO)O[C@@H]7CO)O[C@H]6CO)O[C@H]5CO)O[C@H]4CO)cc1. The molecule has 0 aliphatic carbocycles. The van der Waals surface area contributed by atoms with Gasteiger partial charge >= 0.3 is 5.97 Å². The number of carbonyl (C=O) groups is 1. The molecule has 0 spiro atoms. The van der Waals surface area contributed by atoms with E-state index in [0.29, 0.717) is 4.90 Å². The van der Waals surface area contributed by atoms with Crippen LogP contribution in [0.4, 0.5) is 0 Å². The molecule has 30 aliphatic rings. The molecule has 1 aromatic carbocycles. The first-order valence-corrected chi connectivity index (χ1v) is 31.8. The maximum Gasteiger partial charge on any atom is 0.335 e. The smallest absolute Gasteiger partial charge is 0.335 e. The first-order valence-electron chi connectivity index (χ1n) is 30.8. The van der Waals surface area contributed by atoms with Gasteiger partial charge in [0.1, 0.15) is 189 Å². The fourth-order valence-electron chi connectivity index (χ4n) is 12.8. The first kappa shape index (κ1) is 77.1. The summed E-state index contributed by atoms with van der Waals surface area (Å²) in [6.07, 6.45) is -82.2. The summed E-state index contributed by atoms with van der Waals surface area (Å²) in [6.45, 7) is -7.64. The molecule has 556 valence electrons. The van der Waals surface area contributed by atoms with Crippen molar-refractivity contribution in [1.29, 1.82) is 0 Å². The van der Waals surface area contributed by atoms with Crippen LogP contribution in [0.1, 0.15) is 10.4 Å². The minimum Gasteiger partial charge on any atom is -0.478 e. The number of carboxylic acid groups (broad SMARTS) is 1. The molecule has 41 nitrogen and oxygen atoms in total. The first-order chi connectivity index (χ1) is 46.2. The van der Waals surface area contributed by atoms with Crippen LogP contribution in [0.15, 0.2) is 29.2 Å². The molecular weight excluding hydrogens is 1350 g/mol. The van der Waals surface area contributed by atoms with E-state index in [9.17, 15) is 127 Å². The minimum atomic E-state index is -2.27. The third-order valence-corrected chi connectivity index (χ3v) is 19.3. The molecule has 24 N–H and O–H groups in total. The van der Waals surface area contributed by atoms with E-state index in [2.05, 4.69) is 0 Å². The Kier molecular flexibility index (Phi) is 26.3. The van der Waals surface area contributed by atoms with Gasteiger partial charge < -0.3 is 198 Å². The quantitative estimate of drug-likeness (QED) is 0.0915. The van der Waals surface area contributed by atoms with Crippen LogP contribution in [0.25, 0.3) is 0 Å². The maximum atomic E-state index is 11.9. The molecule has 30 fully saturated rings.